The molecular formula is C16H12ClN3O2. The second-order valence-electron chi connectivity index (χ2n) is 4.57. The van der Waals surface area contributed by atoms with E-state index >= 15 is 0 Å². The fourth-order valence-corrected chi connectivity index (χ4v) is 2.02. The number of nitrogens with zero attached hydrogens (tertiary/aromatic N) is 2. The third-order valence-corrected chi connectivity index (χ3v) is 3.26. The van der Waals surface area contributed by atoms with Crippen molar-refractivity contribution in [3.05, 3.63) is 71.1 Å². The monoisotopic (exact) mass is 313 g/mol. The minimum atomic E-state index is -0.188. The zero-order valence-electron chi connectivity index (χ0n) is 11.5. The van der Waals surface area contributed by atoms with Crippen molar-refractivity contribution in [2.75, 3.05) is 0 Å². The van der Waals surface area contributed by atoms with Gasteiger partial charge in [0.1, 0.15) is 0 Å². The van der Waals surface area contributed by atoms with Crippen LogP contribution in [0, 0.1) is 0 Å². The number of halogens is 1. The van der Waals surface area contributed by atoms with Gasteiger partial charge in [0.05, 0.1) is 6.54 Å². The number of amides is 1. The van der Waals surface area contributed by atoms with E-state index in [1.54, 1.807) is 48.5 Å². The Morgan fingerprint density at radius 1 is 1.09 bits per heavy atom. The first-order valence-electron chi connectivity index (χ1n) is 6.64. The molecule has 2 aromatic carbocycles. The second-order valence-corrected chi connectivity index (χ2v) is 5.00. The number of hydrogen-bond donors (Lipinski definition) is 1. The molecule has 0 radical (unpaired) electrons. The molecule has 0 aliphatic heterocycles. The first-order chi connectivity index (χ1) is 10.7. The maximum atomic E-state index is 11.9. The van der Waals surface area contributed by atoms with E-state index in [1.165, 1.54) is 0 Å². The van der Waals surface area contributed by atoms with Crippen molar-refractivity contribution in [3.8, 4) is 11.4 Å². The van der Waals surface area contributed by atoms with Crippen LogP contribution in [-0.2, 0) is 6.54 Å². The molecule has 1 heterocycles. The summed E-state index contributed by atoms with van der Waals surface area (Å²) in [7, 11) is 0. The summed E-state index contributed by atoms with van der Waals surface area (Å²) in [5.41, 5.74) is 1.38. The summed E-state index contributed by atoms with van der Waals surface area (Å²) in [6, 6.07) is 16.1. The van der Waals surface area contributed by atoms with Crippen LogP contribution in [0.3, 0.4) is 0 Å². The second kappa shape index (κ2) is 6.41. The molecule has 110 valence electrons. The quantitative estimate of drug-likeness (QED) is 0.802. The van der Waals surface area contributed by atoms with E-state index in [0.717, 1.165) is 5.56 Å². The van der Waals surface area contributed by atoms with Gasteiger partial charge in [0, 0.05) is 16.1 Å². The van der Waals surface area contributed by atoms with Crippen LogP contribution in [0.4, 0.5) is 0 Å². The summed E-state index contributed by atoms with van der Waals surface area (Å²) < 4.78 is 5.13. The largest absolute Gasteiger partial charge is 0.343 e. The lowest BCUT2D eigenvalue weighted by molar-refractivity contribution is 0.0946. The van der Waals surface area contributed by atoms with Crippen molar-refractivity contribution >= 4 is 17.5 Å². The van der Waals surface area contributed by atoms with E-state index in [2.05, 4.69) is 15.5 Å². The van der Waals surface area contributed by atoms with E-state index in [-0.39, 0.29) is 12.5 Å². The molecule has 0 fully saturated rings. The average Bonchev–Trinajstić information content (AvgIpc) is 3.03. The molecule has 3 aromatic rings. The SMILES string of the molecule is O=C(NCc1nc(-c2ccc(Cl)cc2)no1)c1ccccc1. The van der Waals surface area contributed by atoms with Crippen molar-refractivity contribution in [1.82, 2.24) is 15.5 Å². The highest BCUT2D eigenvalue weighted by Crippen LogP contribution is 2.18. The summed E-state index contributed by atoms with van der Waals surface area (Å²) in [6.07, 6.45) is 0. The standard InChI is InChI=1S/C16H12ClN3O2/c17-13-8-6-11(7-9-13)15-19-14(22-20-15)10-18-16(21)12-4-2-1-3-5-12/h1-9H,10H2,(H,18,21). The Morgan fingerprint density at radius 3 is 2.55 bits per heavy atom. The predicted octanol–water partition coefficient (Wildman–Crippen LogP) is 3.32. The van der Waals surface area contributed by atoms with E-state index in [0.29, 0.717) is 22.3 Å². The van der Waals surface area contributed by atoms with Gasteiger partial charge in [-0.15, -0.1) is 0 Å². The molecular weight excluding hydrogens is 302 g/mol. The third kappa shape index (κ3) is 3.32. The van der Waals surface area contributed by atoms with Crippen LogP contribution in [-0.4, -0.2) is 16.0 Å². The summed E-state index contributed by atoms with van der Waals surface area (Å²) in [4.78, 5) is 16.2. The molecule has 6 heteroatoms. The normalized spacial score (nSPS) is 10.4. The van der Waals surface area contributed by atoms with Crippen LogP contribution in [0.2, 0.25) is 5.02 Å². The minimum absolute atomic E-state index is 0.175. The number of carbonyl (C=O) groups is 1. The van der Waals surface area contributed by atoms with Crippen LogP contribution in [0.15, 0.2) is 59.1 Å². The van der Waals surface area contributed by atoms with Gasteiger partial charge in [-0.3, -0.25) is 4.79 Å². The number of rotatable bonds is 4. The Morgan fingerprint density at radius 2 is 1.82 bits per heavy atom. The maximum Gasteiger partial charge on any atom is 0.251 e. The van der Waals surface area contributed by atoms with Gasteiger partial charge in [-0.25, -0.2) is 0 Å². The molecule has 1 N–H and O–H groups in total. The van der Waals surface area contributed by atoms with Crippen LogP contribution in [0.25, 0.3) is 11.4 Å². The Bertz CT molecular complexity index is 770. The molecule has 0 aliphatic rings. The van der Waals surface area contributed by atoms with Gasteiger partial charge in [-0.1, -0.05) is 35.0 Å². The zero-order valence-corrected chi connectivity index (χ0v) is 12.2. The molecule has 5 nitrogen and oxygen atoms in total. The van der Waals surface area contributed by atoms with Gasteiger partial charge in [-0.2, -0.15) is 4.98 Å². The summed E-state index contributed by atoms with van der Waals surface area (Å²) >= 11 is 5.84. The number of benzene rings is 2. The van der Waals surface area contributed by atoms with Crippen molar-refractivity contribution in [1.29, 1.82) is 0 Å². The number of carbonyl (C=O) groups excluding carboxylic acids is 1. The number of aromatic nitrogens is 2. The Labute approximate surface area is 131 Å². The summed E-state index contributed by atoms with van der Waals surface area (Å²) in [6.45, 7) is 0.175. The lowest BCUT2D eigenvalue weighted by Gasteiger charge is -2.01. The highest BCUT2D eigenvalue weighted by molar-refractivity contribution is 6.30. The smallest absolute Gasteiger partial charge is 0.251 e. The van der Waals surface area contributed by atoms with Crippen molar-refractivity contribution in [2.45, 2.75) is 6.54 Å². The maximum absolute atomic E-state index is 11.9. The van der Waals surface area contributed by atoms with Crippen LogP contribution < -0.4 is 5.32 Å². The topological polar surface area (TPSA) is 68.0 Å². The van der Waals surface area contributed by atoms with Crippen molar-refractivity contribution in [2.24, 2.45) is 0 Å². The Balaban J connectivity index is 1.65. The Kier molecular flexibility index (Phi) is 4.16. The summed E-state index contributed by atoms with van der Waals surface area (Å²) in [5, 5.41) is 7.26. The number of hydrogen-bond acceptors (Lipinski definition) is 4. The lowest BCUT2D eigenvalue weighted by atomic mass is 10.2. The van der Waals surface area contributed by atoms with Crippen LogP contribution in [0.1, 0.15) is 16.2 Å². The molecule has 0 atom stereocenters. The molecule has 0 saturated carbocycles. The molecule has 0 unspecified atom stereocenters. The average molecular weight is 314 g/mol. The van der Waals surface area contributed by atoms with Gasteiger partial charge in [0.25, 0.3) is 5.91 Å². The van der Waals surface area contributed by atoms with Crippen LogP contribution in [0.5, 0.6) is 0 Å². The highest BCUT2D eigenvalue weighted by Gasteiger charge is 2.10. The Hall–Kier alpha value is -2.66. The van der Waals surface area contributed by atoms with Gasteiger partial charge in [0.15, 0.2) is 0 Å². The molecule has 0 aliphatic carbocycles. The van der Waals surface area contributed by atoms with Crippen LogP contribution >= 0.6 is 11.6 Å². The number of nitrogens with one attached hydrogen (secondary N) is 1. The van der Waals surface area contributed by atoms with E-state index < -0.39 is 0 Å². The van der Waals surface area contributed by atoms with Gasteiger partial charge >= 0.3 is 0 Å². The predicted molar refractivity (Wildman–Crippen MR) is 82.4 cm³/mol. The van der Waals surface area contributed by atoms with Crippen molar-refractivity contribution < 1.29 is 9.32 Å². The first kappa shape index (κ1) is 14.3. The van der Waals surface area contributed by atoms with Crippen molar-refractivity contribution in [3.63, 3.8) is 0 Å². The minimum Gasteiger partial charge on any atom is -0.343 e. The third-order valence-electron chi connectivity index (χ3n) is 3.01. The molecule has 3 rings (SSSR count). The highest BCUT2D eigenvalue weighted by atomic mass is 35.5. The fourth-order valence-electron chi connectivity index (χ4n) is 1.89. The van der Waals surface area contributed by atoms with E-state index in [4.69, 9.17) is 16.1 Å². The van der Waals surface area contributed by atoms with E-state index in [1.807, 2.05) is 6.07 Å². The van der Waals surface area contributed by atoms with E-state index in [9.17, 15) is 4.79 Å². The summed E-state index contributed by atoms with van der Waals surface area (Å²) in [5.74, 6) is 0.613. The molecule has 22 heavy (non-hydrogen) atoms. The lowest BCUT2D eigenvalue weighted by Crippen LogP contribution is -2.22. The molecule has 0 bridgehead atoms. The van der Waals surface area contributed by atoms with Gasteiger partial charge < -0.3 is 9.84 Å². The molecule has 0 saturated heterocycles. The molecule has 0 spiro atoms. The first-order valence-corrected chi connectivity index (χ1v) is 7.02. The van der Waals surface area contributed by atoms with Gasteiger partial charge in [0.2, 0.25) is 11.7 Å². The zero-order chi connectivity index (χ0) is 15.4. The van der Waals surface area contributed by atoms with Gasteiger partial charge in [-0.05, 0) is 36.4 Å². The fraction of sp³-hybridized carbons (Fsp3) is 0.0625. The molecule has 1 amide bonds. The molecule has 1 aromatic heterocycles.